The van der Waals surface area contributed by atoms with E-state index in [1.807, 2.05) is 0 Å². The Balaban J connectivity index is 2.37. The zero-order chi connectivity index (χ0) is 13.5. The summed E-state index contributed by atoms with van der Waals surface area (Å²) < 4.78 is 0. The van der Waals surface area contributed by atoms with Crippen molar-refractivity contribution in [2.45, 2.75) is 64.5 Å². The highest BCUT2D eigenvalue weighted by atomic mass is 16.4. The van der Waals surface area contributed by atoms with Crippen LogP contribution in [-0.2, 0) is 4.79 Å². The van der Waals surface area contributed by atoms with Crippen molar-refractivity contribution in [1.82, 2.24) is 10.6 Å². The van der Waals surface area contributed by atoms with E-state index in [0.717, 1.165) is 25.7 Å². The van der Waals surface area contributed by atoms with Gasteiger partial charge < -0.3 is 15.7 Å². The molecular formula is C13H24N2O3. The summed E-state index contributed by atoms with van der Waals surface area (Å²) >= 11 is 0. The Labute approximate surface area is 108 Å². The Hall–Kier alpha value is -1.26. The van der Waals surface area contributed by atoms with Gasteiger partial charge in [0.15, 0.2) is 0 Å². The molecule has 1 fully saturated rings. The SMILES string of the molecule is CCC1CCCC(NC(=O)NC(CC)C(=O)O)C1. The molecule has 1 aliphatic rings. The largest absolute Gasteiger partial charge is 0.480 e. The van der Waals surface area contributed by atoms with Gasteiger partial charge in [0.1, 0.15) is 6.04 Å². The highest BCUT2D eigenvalue weighted by Gasteiger charge is 2.24. The van der Waals surface area contributed by atoms with Gasteiger partial charge in [-0.15, -0.1) is 0 Å². The molecule has 5 nitrogen and oxygen atoms in total. The smallest absolute Gasteiger partial charge is 0.326 e. The second-order valence-electron chi connectivity index (χ2n) is 5.05. The van der Waals surface area contributed by atoms with E-state index < -0.39 is 12.0 Å². The minimum Gasteiger partial charge on any atom is -0.480 e. The minimum atomic E-state index is -0.984. The molecule has 1 aliphatic carbocycles. The number of rotatable bonds is 5. The molecule has 1 rings (SSSR count). The van der Waals surface area contributed by atoms with Gasteiger partial charge in [0.05, 0.1) is 0 Å². The van der Waals surface area contributed by atoms with Crippen LogP contribution in [-0.4, -0.2) is 29.2 Å². The summed E-state index contributed by atoms with van der Waals surface area (Å²) in [7, 11) is 0. The minimum absolute atomic E-state index is 0.190. The summed E-state index contributed by atoms with van der Waals surface area (Å²) in [4.78, 5) is 22.5. The first-order chi connectivity index (χ1) is 8.56. The van der Waals surface area contributed by atoms with Gasteiger partial charge in [-0.05, 0) is 25.2 Å². The molecule has 0 aromatic carbocycles. The highest BCUT2D eigenvalue weighted by Crippen LogP contribution is 2.26. The van der Waals surface area contributed by atoms with Crippen molar-refractivity contribution in [3.63, 3.8) is 0 Å². The van der Waals surface area contributed by atoms with Crippen molar-refractivity contribution in [1.29, 1.82) is 0 Å². The van der Waals surface area contributed by atoms with Crippen molar-refractivity contribution >= 4 is 12.0 Å². The number of urea groups is 1. The molecule has 0 bridgehead atoms. The zero-order valence-corrected chi connectivity index (χ0v) is 11.2. The van der Waals surface area contributed by atoms with Gasteiger partial charge in [-0.25, -0.2) is 9.59 Å². The monoisotopic (exact) mass is 256 g/mol. The van der Waals surface area contributed by atoms with Crippen molar-refractivity contribution in [3.8, 4) is 0 Å². The Kier molecular flexibility index (Phi) is 5.95. The fourth-order valence-electron chi connectivity index (χ4n) is 2.52. The highest BCUT2D eigenvalue weighted by molar-refractivity contribution is 5.82. The van der Waals surface area contributed by atoms with E-state index in [-0.39, 0.29) is 12.1 Å². The van der Waals surface area contributed by atoms with E-state index in [2.05, 4.69) is 17.6 Å². The molecule has 1 saturated carbocycles. The third-order valence-electron chi connectivity index (χ3n) is 3.71. The van der Waals surface area contributed by atoms with E-state index in [9.17, 15) is 9.59 Å². The average Bonchev–Trinajstić information content (AvgIpc) is 2.35. The number of carbonyl (C=O) groups excluding carboxylic acids is 1. The number of aliphatic carboxylic acids is 1. The van der Waals surface area contributed by atoms with Gasteiger partial charge in [-0.3, -0.25) is 0 Å². The molecule has 3 N–H and O–H groups in total. The number of carbonyl (C=O) groups is 2. The van der Waals surface area contributed by atoms with Crippen molar-refractivity contribution in [2.24, 2.45) is 5.92 Å². The summed E-state index contributed by atoms with van der Waals surface area (Å²) in [5, 5.41) is 14.3. The maximum Gasteiger partial charge on any atom is 0.326 e. The molecule has 2 amide bonds. The van der Waals surface area contributed by atoms with Crippen LogP contribution in [0.3, 0.4) is 0 Å². The Bertz CT molecular complexity index is 294. The summed E-state index contributed by atoms with van der Waals surface area (Å²) in [6, 6.07) is -0.962. The van der Waals surface area contributed by atoms with Crippen LogP contribution in [0.1, 0.15) is 52.4 Å². The fourth-order valence-corrected chi connectivity index (χ4v) is 2.52. The second kappa shape index (κ2) is 7.24. The van der Waals surface area contributed by atoms with Crippen LogP contribution in [0.5, 0.6) is 0 Å². The van der Waals surface area contributed by atoms with Gasteiger partial charge in [-0.2, -0.15) is 0 Å². The average molecular weight is 256 g/mol. The van der Waals surface area contributed by atoms with Crippen LogP contribution in [0.25, 0.3) is 0 Å². The number of nitrogens with one attached hydrogen (secondary N) is 2. The van der Waals surface area contributed by atoms with Gasteiger partial charge in [-0.1, -0.05) is 33.1 Å². The Morgan fingerprint density at radius 2 is 2.06 bits per heavy atom. The quantitative estimate of drug-likeness (QED) is 0.705. The summed E-state index contributed by atoms with van der Waals surface area (Å²) in [6.07, 6.45) is 5.92. The van der Waals surface area contributed by atoms with Gasteiger partial charge in [0, 0.05) is 6.04 Å². The molecule has 0 aliphatic heterocycles. The molecule has 0 radical (unpaired) electrons. The molecular weight excluding hydrogens is 232 g/mol. The molecule has 0 aromatic heterocycles. The lowest BCUT2D eigenvalue weighted by Crippen LogP contribution is -2.49. The van der Waals surface area contributed by atoms with Crippen molar-refractivity contribution < 1.29 is 14.7 Å². The maximum absolute atomic E-state index is 11.7. The first kappa shape index (κ1) is 14.8. The summed E-state index contributed by atoms with van der Waals surface area (Å²) in [5.41, 5.74) is 0. The zero-order valence-electron chi connectivity index (χ0n) is 11.2. The van der Waals surface area contributed by atoms with Crippen LogP contribution < -0.4 is 10.6 Å². The first-order valence-electron chi connectivity index (χ1n) is 6.86. The molecule has 104 valence electrons. The van der Waals surface area contributed by atoms with E-state index in [1.165, 1.54) is 6.42 Å². The number of hydrogen-bond donors (Lipinski definition) is 3. The lowest BCUT2D eigenvalue weighted by Gasteiger charge is -2.29. The summed E-state index contributed by atoms with van der Waals surface area (Å²) in [5.74, 6) is -0.298. The molecule has 0 aromatic rings. The van der Waals surface area contributed by atoms with Crippen molar-refractivity contribution in [2.75, 3.05) is 0 Å². The van der Waals surface area contributed by atoms with Crippen LogP contribution in [0.2, 0.25) is 0 Å². The molecule has 5 heteroatoms. The third kappa shape index (κ3) is 4.55. The van der Waals surface area contributed by atoms with Gasteiger partial charge >= 0.3 is 12.0 Å². The Morgan fingerprint density at radius 1 is 1.33 bits per heavy atom. The molecule has 0 saturated heterocycles. The number of amides is 2. The number of hydrogen-bond acceptors (Lipinski definition) is 2. The predicted molar refractivity (Wildman–Crippen MR) is 69.4 cm³/mol. The summed E-state index contributed by atoms with van der Waals surface area (Å²) in [6.45, 7) is 3.91. The van der Waals surface area contributed by atoms with E-state index >= 15 is 0 Å². The topological polar surface area (TPSA) is 78.4 Å². The van der Waals surface area contributed by atoms with Crippen LogP contribution >= 0.6 is 0 Å². The van der Waals surface area contributed by atoms with E-state index in [4.69, 9.17) is 5.11 Å². The molecule has 3 atom stereocenters. The second-order valence-corrected chi connectivity index (χ2v) is 5.05. The van der Waals surface area contributed by atoms with Crippen LogP contribution in [0, 0.1) is 5.92 Å². The van der Waals surface area contributed by atoms with Crippen molar-refractivity contribution in [3.05, 3.63) is 0 Å². The normalized spacial score (nSPS) is 25.2. The molecule has 3 unspecified atom stereocenters. The lowest BCUT2D eigenvalue weighted by molar-refractivity contribution is -0.139. The van der Waals surface area contributed by atoms with E-state index in [1.54, 1.807) is 6.92 Å². The third-order valence-corrected chi connectivity index (χ3v) is 3.71. The molecule has 18 heavy (non-hydrogen) atoms. The maximum atomic E-state index is 11.7. The van der Waals surface area contributed by atoms with Gasteiger partial charge in [0.25, 0.3) is 0 Å². The van der Waals surface area contributed by atoms with Gasteiger partial charge in [0.2, 0.25) is 0 Å². The predicted octanol–water partition coefficient (Wildman–Crippen LogP) is 2.12. The van der Waals surface area contributed by atoms with E-state index in [0.29, 0.717) is 12.3 Å². The van der Waals surface area contributed by atoms with Crippen LogP contribution in [0.15, 0.2) is 0 Å². The number of carboxylic acids is 1. The Morgan fingerprint density at radius 3 is 2.61 bits per heavy atom. The molecule has 0 heterocycles. The molecule has 0 spiro atoms. The van der Waals surface area contributed by atoms with Crippen LogP contribution in [0.4, 0.5) is 4.79 Å². The first-order valence-corrected chi connectivity index (χ1v) is 6.86. The fraction of sp³-hybridized carbons (Fsp3) is 0.846. The number of carboxylic acid groups (broad SMARTS) is 1. The lowest BCUT2D eigenvalue weighted by atomic mass is 9.84. The standard InChI is InChI=1S/C13H24N2O3/c1-3-9-6-5-7-10(8-9)14-13(18)15-11(4-2)12(16)17/h9-11H,3-8H2,1-2H3,(H,16,17)(H2,14,15,18).